The molecule has 0 aliphatic heterocycles. The van der Waals surface area contributed by atoms with E-state index in [9.17, 15) is 0 Å². The van der Waals surface area contributed by atoms with Crippen LogP contribution in [0, 0.1) is 12.3 Å². The van der Waals surface area contributed by atoms with E-state index < -0.39 is 0 Å². The van der Waals surface area contributed by atoms with Crippen LogP contribution in [-0.4, -0.2) is 26.2 Å². The first-order valence-electron chi connectivity index (χ1n) is 8.02. The largest absolute Gasteiger partial charge is 0.481 e. The third-order valence-corrected chi connectivity index (χ3v) is 3.51. The number of guanidine groups is 1. The molecule has 2 aromatic carbocycles. The monoisotopic (exact) mass is 465 g/mol. The molecule has 5 nitrogen and oxygen atoms in total. The molecule has 0 amide bonds. The van der Waals surface area contributed by atoms with Crippen molar-refractivity contribution in [3.63, 3.8) is 0 Å². The van der Waals surface area contributed by atoms with Crippen molar-refractivity contribution in [1.29, 1.82) is 0 Å². The van der Waals surface area contributed by atoms with E-state index in [1.54, 1.807) is 7.11 Å². The highest BCUT2D eigenvalue weighted by atomic mass is 127. The Bertz CT molecular complexity index is 739. The minimum Gasteiger partial charge on any atom is -0.481 e. The molecule has 26 heavy (non-hydrogen) atoms. The summed E-state index contributed by atoms with van der Waals surface area (Å²) >= 11 is 0. The van der Waals surface area contributed by atoms with Crippen LogP contribution in [-0.2, 0) is 17.8 Å². The predicted molar refractivity (Wildman–Crippen MR) is 117 cm³/mol. The summed E-state index contributed by atoms with van der Waals surface area (Å²) in [4.78, 5) is 4.37. The van der Waals surface area contributed by atoms with E-state index in [2.05, 4.69) is 16.2 Å². The van der Waals surface area contributed by atoms with Crippen molar-refractivity contribution in [1.82, 2.24) is 0 Å². The molecule has 0 aliphatic rings. The van der Waals surface area contributed by atoms with Crippen LogP contribution in [0.2, 0.25) is 0 Å². The molecule has 0 spiro atoms. The van der Waals surface area contributed by atoms with Crippen LogP contribution in [0.5, 0.6) is 5.75 Å². The second kappa shape index (κ2) is 12.2. The van der Waals surface area contributed by atoms with Crippen molar-refractivity contribution < 1.29 is 9.47 Å². The van der Waals surface area contributed by atoms with Crippen molar-refractivity contribution in [2.24, 2.45) is 10.7 Å². The normalized spacial score (nSPS) is 10.5. The first-order valence-corrected chi connectivity index (χ1v) is 8.02. The third kappa shape index (κ3) is 7.33. The molecule has 0 unspecified atom stereocenters. The number of terminal acetylenes is 1. The minimum absolute atomic E-state index is 0. The molecule has 0 fully saturated rings. The van der Waals surface area contributed by atoms with Gasteiger partial charge in [-0.2, -0.15) is 0 Å². The maximum atomic E-state index is 5.97. The van der Waals surface area contributed by atoms with Gasteiger partial charge in [0, 0.05) is 24.9 Å². The maximum Gasteiger partial charge on any atom is 0.193 e. The molecule has 2 rings (SSSR count). The molecule has 0 saturated carbocycles. The lowest BCUT2D eigenvalue weighted by Crippen LogP contribution is -2.23. The Balaban J connectivity index is 0.00000338. The summed E-state index contributed by atoms with van der Waals surface area (Å²) in [5.74, 6) is 3.59. The van der Waals surface area contributed by atoms with E-state index in [1.165, 1.54) is 0 Å². The van der Waals surface area contributed by atoms with Crippen LogP contribution in [0.25, 0.3) is 0 Å². The molecule has 6 heteroatoms. The summed E-state index contributed by atoms with van der Waals surface area (Å²) in [6.45, 7) is 1.39. The number of anilines is 1. The van der Waals surface area contributed by atoms with Crippen LogP contribution < -0.4 is 15.8 Å². The molecule has 3 N–H and O–H groups in total. The fourth-order valence-electron chi connectivity index (χ4n) is 2.28. The van der Waals surface area contributed by atoms with Gasteiger partial charge >= 0.3 is 0 Å². The van der Waals surface area contributed by atoms with Crippen molar-refractivity contribution >= 4 is 35.6 Å². The fourth-order valence-corrected chi connectivity index (χ4v) is 2.28. The van der Waals surface area contributed by atoms with Gasteiger partial charge in [-0.1, -0.05) is 36.3 Å². The first kappa shape index (κ1) is 21.8. The van der Waals surface area contributed by atoms with Gasteiger partial charge in [0.1, 0.15) is 12.4 Å². The summed E-state index contributed by atoms with van der Waals surface area (Å²) in [6.07, 6.45) is 5.96. The van der Waals surface area contributed by atoms with Gasteiger partial charge in [-0.15, -0.1) is 30.4 Å². The molecule has 0 atom stereocenters. The number of hydrogen-bond donors (Lipinski definition) is 2. The van der Waals surface area contributed by atoms with Crippen LogP contribution in [0.3, 0.4) is 0 Å². The van der Waals surface area contributed by atoms with Gasteiger partial charge in [-0.3, -0.25) is 4.99 Å². The van der Waals surface area contributed by atoms with E-state index in [-0.39, 0.29) is 30.6 Å². The summed E-state index contributed by atoms with van der Waals surface area (Å²) in [7, 11) is 1.66. The molecule has 138 valence electrons. The minimum atomic E-state index is 0. The van der Waals surface area contributed by atoms with E-state index in [0.717, 1.165) is 29.0 Å². The standard InChI is InChI=1S/C20H23N3O2.HI/c1-3-14-25-18-10-8-16(9-11-18)12-13-22-20(21)23-19-7-5-4-6-17(19)15-24-2;/h1,4-11H,12-15H2,2H3,(H3,21,22,23);1H. The molecule has 0 radical (unpaired) electrons. The Kier molecular flexibility index (Phi) is 10.2. The van der Waals surface area contributed by atoms with Crippen LogP contribution in [0.1, 0.15) is 11.1 Å². The van der Waals surface area contributed by atoms with E-state index in [0.29, 0.717) is 19.1 Å². The van der Waals surface area contributed by atoms with E-state index in [1.807, 2.05) is 48.5 Å². The summed E-state index contributed by atoms with van der Waals surface area (Å²) in [5.41, 5.74) is 9.07. The van der Waals surface area contributed by atoms with E-state index >= 15 is 0 Å². The fraction of sp³-hybridized carbons (Fsp3) is 0.250. The average molecular weight is 465 g/mol. The highest BCUT2D eigenvalue weighted by molar-refractivity contribution is 14.0. The van der Waals surface area contributed by atoms with Crippen LogP contribution in [0.15, 0.2) is 53.5 Å². The molecular formula is C20H24IN3O2. The summed E-state index contributed by atoms with van der Waals surface area (Å²) < 4.78 is 10.5. The second-order valence-electron chi connectivity index (χ2n) is 5.37. The van der Waals surface area contributed by atoms with Gasteiger partial charge in [-0.05, 0) is 30.2 Å². The number of nitrogens with one attached hydrogen (secondary N) is 1. The van der Waals surface area contributed by atoms with Crippen molar-refractivity contribution in [2.45, 2.75) is 13.0 Å². The Morgan fingerprint density at radius 2 is 1.92 bits per heavy atom. The smallest absolute Gasteiger partial charge is 0.193 e. The number of hydrogen-bond acceptors (Lipinski definition) is 3. The lowest BCUT2D eigenvalue weighted by atomic mass is 10.1. The molecule has 2 aromatic rings. The third-order valence-electron chi connectivity index (χ3n) is 3.51. The molecule has 0 aliphatic carbocycles. The Hall–Kier alpha value is -2.24. The zero-order valence-electron chi connectivity index (χ0n) is 14.8. The molecule has 0 bridgehead atoms. The first-order chi connectivity index (χ1) is 12.2. The Morgan fingerprint density at radius 3 is 2.62 bits per heavy atom. The van der Waals surface area contributed by atoms with Crippen LogP contribution >= 0.6 is 24.0 Å². The predicted octanol–water partition coefficient (Wildman–Crippen LogP) is 3.43. The quantitative estimate of drug-likeness (QED) is 0.271. The maximum absolute atomic E-state index is 5.97. The molecule has 0 saturated heterocycles. The summed E-state index contributed by atoms with van der Waals surface area (Å²) in [5, 5.41) is 3.12. The lowest BCUT2D eigenvalue weighted by molar-refractivity contribution is 0.185. The van der Waals surface area contributed by atoms with E-state index in [4.69, 9.17) is 21.6 Å². The number of nitrogens with zero attached hydrogens (tertiary/aromatic N) is 1. The van der Waals surface area contributed by atoms with Crippen molar-refractivity contribution in [3.05, 3.63) is 59.7 Å². The second-order valence-corrected chi connectivity index (χ2v) is 5.37. The number of nitrogens with two attached hydrogens (primary N) is 1. The van der Waals surface area contributed by atoms with Gasteiger partial charge in [0.2, 0.25) is 0 Å². The Labute approximate surface area is 172 Å². The van der Waals surface area contributed by atoms with Crippen LogP contribution in [0.4, 0.5) is 5.69 Å². The van der Waals surface area contributed by atoms with Crippen molar-refractivity contribution in [3.8, 4) is 18.1 Å². The average Bonchev–Trinajstić information content (AvgIpc) is 2.63. The highest BCUT2D eigenvalue weighted by Gasteiger charge is 2.02. The SMILES string of the molecule is C#CCOc1ccc(CCN=C(N)Nc2ccccc2COC)cc1.I. The van der Waals surface area contributed by atoms with Gasteiger partial charge in [-0.25, -0.2) is 0 Å². The summed E-state index contributed by atoms with van der Waals surface area (Å²) in [6, 6.07) is 15.6. The molecule has 0 aromatic heterocycles. The number of aliphatic imine (C=N–C) groups is 1. The lowest BCUT2D eigenvalue weighted by Gasteiger charge is -2.10. The van der Waals surface area contributed by atoms with Gasteiger partial charge in [0.25, 0.3) is 0 Å². The number of ether oxygens (including phenoxy) is 2. The topological polar surface area (TPSA) is 68.9 Å². The number of benzene rings is 2. The zero-order valence-corrected chi connectivity index (χ0v) is 17.1. The van der Waals surface area contributed by atoms with Gasteiger partial charge in [0.15, 0.2) is 5.96 Å². The highest BCUT2D eigenvalue weighted by Crippen LogP contribution is 2.15. The van der Waals surface area contributed by atoms with Gasteiger partial charge < -0.3 is 20.5 Å². The number of methoxy groups -OCH3 is 1. The zero-order chi connectivity index (χ0) is 17.9. The number of halogens is 1. The molecular weight excluding hydrogens is 441 g/mol. The van der Waals surface area contributed by atoms with Gasteiger partial charge in [0.05, 0.1) is 6.61 Å². The molecule has 0 heterocycles. The van der Waals surface area contributed by atoms with Crippen molar-refractivity contribution in [2.75, 3.05) is 25.6 Å². The number of rotatable bonds is 8. The Morgan fingerprint density at radius 1 is 1.19 bits per heavy atom. The number of para-hydroxylation sites is 1.